The molecular weight excluding hydrogens is 190 g/mol. The molecule has 0 spiro atoms. The molecule has 1 aromatic rings. The molecule has 2 unspecified atom stereocenters. The van der Waals surface area contributed by atoms with Gasteiger partial charge < -0.3 is 10.8 Å². The first-order valence-electron chi connectivity index (χ1n) is 4.99. The molecule has 0 aromatic heterocycles. The maximum Gasteiger partial charge on any atom is 0.321 e. The summed E-state index contributed by atoms with van der Waals surface area (Å²) in [6, 6.07) is 5.14. The first kappa shape index (κ1) is 11.7. The summed E-state index contributed by atoms with van der Waals surface area (Å²) < 4.78 is 0. The lowest BCUT2D eigenvalue weighted by molar-refractivity contribution is -0.139. The van der Waals surface area contributed by atoms with Crippen LogP contribution in [-0.4, -0.2) is 17.1 Å². The summed E-state index contributed by atoms with van der Waals surface area (Å²) in [5.74, 6) is -1.12. The van der Waals surface area contributed by atoms with E-state index in [1.54, 1.807) is 0 Å². The Hall–Kier alpha value is -1.35. The minimum absolute atomic E-state index is 0.164. The van der Waals surface area contributed by atoms with Crippen molar-refractivity contribution < 1.29 is 9.90 Å². The third kappa shape index (κ3) is 2.57. The number of rotatable bonds is 3. The third-order valence-electron chi connectivity index (χ3n) is 2.74. The van der Waals surface area contributed by atoms with E-state index in [9.17, 15) is 4.79 Å². The highest BCUT2D eigenvalue weighted by atomic mass is 16.4. The molecule has 0 amide bonds. The second kappa shape index (κ2) is 4.45. The first-order chi connectivity index (χ1) is 6.93. The van der Waals surface area contributed by atoms with Crippen molar-refractivity contribution in [2.45, 2.75) is 32.7 Å². The summed E-state index contributed by atoms with van der Waals surface area (Å²) in [5, 5.41) is 8.83. The van der Waals surface area contributed by atoms with E-state index in [4.69, 9.17) is 10.8 Å². The molecule has 0 fully saturated rings. The zero-order valence-electron chi connectivity index (χ0n) is 9.32. The number of aryl methyl sites for hydroxylation is 2. The first-order valence-corrected chi connectivity index (χ1v) is 4.99. The molecule has 3 heteroatoms. The number of carboxylic acid groups (broad SMARTS) is 1. The predicted octanol–water partition coefficient (Wildman–Crippen LogP) is 1.82. The molecule has 0 aliphatic heterocycles. The van der Waals surface area contributed by atoms with Crippen LogP contribution in [0.25, 0.3) is 0 Å². The molecule has 82 valence electrons. The number of benzene rings is 1. The number of nitrogens with two attached hydrogens (primary N) is 1. The smallest absolute Gasteiger partial charge is 0.321 e. The molecule has 0 radical (unpaired) electrons. The van der Waals surface area contributed by atoms with Crippen LogP contribution < -0.4 is 5.73 Å². The van der Waals surface area contributed by atoms with E-state index in [1.165, 1.54) is 5.56 Å². The van der Waals surface area contributed by atoms with Crippen LogP contribution in [0, 0.1) is 13.8 Å². The van der Waals surface area contributed by atoms with E-state index < -0.39 is 12.0 Å². The fraction of sp³-hybridized carbons (Fsp3) is 0.417. The Morgan fingerprint density at radius 1 is 1.40 bits per heavy atom. The van der Waals surface area contributed by atoms with Crippen LogP contribution in [-0.2, 0) is 4.79 Å². The maximum atomic E-state index is 10.8. The van der Waals surface area contributed by atoms with E-state index >= 15 is 0 Å². The van der Waals surface area contributed by atoms with Crippen LogP contribution in [0.1, 0.15) is 29.5 Å². The summed E-state index contributed by atoms with van der Waals surface area (Å²) in [5.41, 5.74) is 8.88. The van der Waals surface area contributed by atoms with Crippen molar-refractivity contribution in [3.05, 3.63) is 34.9 Å². The summed E-state index contributed by atoms with van der Waals surface area (Å²) >= 11 is 0. The molecule has 3 N–H and O–H groups in total. The van der Waals surface area contributed by atoms with Gasteiger partial charge in [-0.25, -0.2) is 0 Å². The average molecular weight is 207 g/mol. The highest BCUT2D eigenvalue weighted by molar-refractivity contribution is 5.74. The molecule has 15 heavy (non-hydrogen) atoms. The van der Waals surface area contributed by atoms with Crippen molar-refractivity contribution in [2.24, 2.45) is 5.73 Å². The summed E-state index contributed by atoms with van der Waals surface area (Å²) in [6.07, 6.45) is 0. The second-order valence-corrected chi connectivity index (χ2v) is 4.01. The molecule has 2 atom stereocenters. The largest absolute Gasteiger partial charge is 0.480 e. The van der Waals surface area contributed by atoms with Gasteiger partial charge in [-0.2, -0.15) is 0 Å². The molecule has 0 aliphatic carbocycles. The fourth-order valence-corrected chi connectivity index (χ4v) is 1.74. The van der Waals surface area contributed by atoms with Crippen molar-refractivity contribution in [3.63, 3.8) is 0 Å². The quantitative estimate of drug-likeness (QED) is 0.794. The molecule has 0 saturated heterocycles. The van der Waals surface area contributed by atoms with Crippen molar-refractivity contribution in [2.75, 3.05) is 0 Å². The summed E-state index contributed by atoms with van der Waals surface area (Å²) in [7, 11) is 0. The van der Waals surface area contributed by atoms with Gasteiger partial charge in [0, 0.05) is 5.92 Å². The van der Waals surface area contributed by atoms with Gasteiger partial charge in [-0.3, -0.25) is 4.79 Å². The number of carboxylic acids is 1. The molecule has 1 aromatic carbocycles. The Bertz CT molecular complexity index is 374. The lowest BCUT2D eigenvalue weighted by atomic mass is 9.90. The third-order valence-corrected chi connectivity index (χ3v) is 2.74. The Morgan fingerprint density at radius 2 is 2.00 bits per heavy atom. The zero-order chi connectivity index (χ0) is 11.6. The maximum absolute atomic E-state index is 10.8. The highest BCUT2D eigenvalue weighted by Gasteiger charge is 2.22. The van der Waals surface area contributed by atoms with E-state index in [0.29, 0.717) is 0 Å². The van der Waals surface area contributed by atoms with Crippen LogP contribution in [0.3, 0.4) is 0 Å². The Kier molecular flexibility index (Phi) is 3.48. The zero-order valence-corrected chi connectivity index (χ0v) is 9.32. The summed E-state index contributed by atoms with van der Waals surface area (Å²) in [6.45, 7) is 5.84. The molecule has 3 nitrogen and oxygen atoms in total. The average Bonchev–Trinajstić information content (AvgIpc) is 2.15. The van der Waals surface area contributed by atoms with E-state index in [1.807, 2.05) is 39.0 Å². The van der Waals surface area contributed by atoms with E-state index in [0.717, 1.165) is 11.1 Å². The van der Waals surface area contributed by atoms with Gasteiger partial charge in [-0.05, 0) is 25.0 Å². The normalized spacial score (nSPS) is 14.7. The van der Waals surface area contributed by atoms with Crippen LogP contribution in [0.5, 0.6) is 0 Å². The fourth-order valence-electron chi connectivity index (χ4n) is 1.74. The lowest BCUT2D eigenvalue weighted by Crippen LogP contribution is -2.35. The molecule has 0 aliphatic rings. The van der Waals surface area contributed by atoms with Gasteiger partial charge in [0.25, 0.3) is 0 Å². The number of hydrogen-bond acceptors (Lipinski definition) is 2. The van der Waals surface area contributed by atoms with Gasteiger partial charge in [0.2, 0.25) is 0 Å². The van der Waals surface area contributed by atoms with Crippen LogP contribution >= 0.6 is 0 Å². The minimum atomic E-state index is -0.956. The standard InChI is InChI=1S/C12H17NO2/c1-7-4-5-10(8(2)6-7)9(3)11(13)12(14)15/h4-6,9,11H,13H2,1-3H3,(H,14,15). The van der Waals surface area contributed by atoms with Gasteiger partial charge in [0.1, 0.15) is 6.04 Å². The number of aliphatic carboxylic acids is 1. The topological polar surface area (TPSA) is 63.3 Å². The summed E-state index contributed by atoms with van der Waals surface area (Å²) in [4.78, 5) is 10.8. The van der Waals surface area contributed by atoms with Crippen molar-refractivity contribution in [3.8, 4) is 0 Å². The number of carbonyl (C=O) groups is 1. The van der Waals surface area contributed by atoms with Gasteiger partial charge >= 0.3 is 5.97 Å². The predicted molar refractivity (Wildman–Crippen MR) is 59.9 cm³/mol. The Labute approximate surface area is 89.9 Å². The van der Waals surface area contributed by atoms with Gasteiger partial charge in [0.05, 0.1) is 0 Å². The Balaban J connectivity index is 3.01. The highest BCUT2D eigenvalue weighted by Crippen LogP contribution is 2.22. The molecule has 0 saturated carbocycles. The second-order valence-electron chi connectivity index (χ2n) is 4.01. The van der Waals surface area contributed by atoms with E-state index in [2.05, 4.69) is 0 Å². The molecule has 0 heterocycles. The van der Waals surface area contributed by atoms with Crippen molar-refractivity contribution in [1.82, 2.24) is 0 Å². The van der Waals surface area contributed by atoms with Gasteiger partial charge in [-0.1, -0.05) is 30.7 Å². The van der Waals surface area contributed by atoms with Gasteiger partial charge in [0.15, 0.2) is 0 Å². The Morgan fingerprint density at radius 3 is 2.47 bits per heavy atom. The van der Waals surface area contributed by atoms with Crippen LogP contribution in [0.2, 0.25) is 0 Å². The van der Waals surface area contributed by atoms with Crippen molar-refractivity contribution in [1.29, 1.82) is 0 Å². The van der Waals surface area contributed by atoms with Crippen molar-refractivity contribution >= 4 is 5.97 Å². The molecule has 0 bridgehead atoms. The van der Waals surface area contributed by atoms with E-state index in [-0.39, 0.29) is 5.92 Å². The minimum Gasteiger partial charge on any atom is -0.480 e. The monoisotopic (exact) mass is 207 g/mol. The van der Waals surface area contributed by atoms with Gasteiger partial charge in [-0.15, -0.1) is 0 Å². The molecular formula is C12H17NO2. The number of hydrogen-bond donors (Lipinski definition) is 2. The van der Waals surface area contributed by atoms with Crippen LogP contribution in [0.15, 0.2) is 18.2 Å². The molecule has 1 rings (SSSR count). The SMILES string of the molecule is Cc1ccc(C(C)C(N)C(=O)O)c(C)c1. The lowest BCUT2D eigenvalue weighted by Gasteiger charge is -2.18. The van der Waals surface area contributed by atoms with Crippen LogP contribution in [0.4, 0.5) is 0 Å².